The Balaban J connectivity index is 1.25. The third-order valence-corrected chi connectivity index (χ3v) is 8.66. The third-order valence-electron chi connectivity index (χ3n) is 7.32. The largest absolute Gasteiger partial charge is 0.493 e. The summed E-state index contributed by atoms with van der Waals surface area (Å²) in [5.41, 5.74) is 1.04. The van der Waals surface area contributed by atoms with Crippen LogP contribution in [0.25, 0.3) is 22.9 Å². The number of sulfonamides is 1. The van der Waals surface area contributed by atoms with Crippen molar-refractivity contribution in [3.8, 4) is 57.5 Å². The summed E-state index contributed by atoms with van der Waals surface area (Å²) >= 11 is 0. The topological polar surface area (TPSA) is 239 Å². The molecule has 0 fully saturated rings. The van der Waals surface area contributed by atoms with Gasteiger partial charge in [0.2, 0.25) is 11.7 Å². The molecule has 272 valence electrons. The number of hydrogen-bond acceptors (Lipinski definition) is 15. The van der Waals surface area contributed by atoms with Crippen LogP contribution in [0.15, 0.2) is 90.1 Å². The van der Waals surface area contributed by atoms with Gasteiger partial charge in [-0.05, 0) is 53.7 Å². The van der Waals surface area contributed by atoms with Crippen LogP contribution in [-0.4, -0.2) is 94.7 Å². The van der Waals surface area contributed by atoms with Crippen LogP contribution in [0, 0.1) is 0 Å². The average molecular weight is 743 g/mol. The second kappa shape index (κ2) is 15.9. The van der Waals surface area contributed by atoms with Crippen molar-refractivity contribution in [2.24, 2.45) is 0 Å². The van der Waals surface area contributed by atoms with Crippen molar-refractivity contribution in [3.05, 3.63) is 85.2 Å². The van der Waals surface area contributed by atoms with Crippen molar-refractivity contribution >= 4 is 27.8 Å². The predicted molar refractivity (Wildman–Crippen MR) is 187 cm³/mol. The van der Waals surface area contributed by atoms with Gasteiger partial charge in [0.15, 0.2) is 40.4 Å². The van der Waals surface area contributed by atoms with E-state index in [0.717, 1.165) is 4.90 Å². The first-order valence-electron chi connectivity index (χ1n) is 15.4. The molecule has 0 unspecified atom stereocenters. The maximum Gasteiger partial charge on any atom is 0.413 e. The number of rotatable bonds is 15. The Morgan fingerprint density at radius 2 is 1.57 bits per heavy atom. The van der Waals surface area contributed by atoms with E-state index in [-0.39, 0.29) is 58.6 Å². The van der Waals surface area contributed by atoms with E-state index in [1.54, 1.807) is 42.6 Å². The molecule has 0 spiro atoms. The van der Waals surface area contributed by atoms with E-state index in [4.69, 9.17) is 23.7 Å². The van der Waals surface area contributed by atoms with Gasteiger partial charge in [-0.2, -0.15) is 10.2 Å². The maximum absolute atomic E-state index is 13.6. The van der Waals surface area contributed by atoms with Gasteiger partial charge >= 0.3 is 6.09 Å². The number of benzene rings is 2. The summed E-state index contributed by atoms with van der Waals surface area (Å²) < 4.78 is 57.4. The van der Waals surface area contributed by atoms with E-state index in [0.29, 0.717) is 28.6 Å². The molecular formula is C33H30N10O9S. The molecule has 0 bridgehead atoms. The van der Waals surface area contributed by atoms with Crippen LogP contribution >= 0.6 is 0 Å². The van der Waals surface area contributed by atoms with E-state index in [1.807, 2.05) is 0 Å². The van der Waals surface area contributed by atoms with Crippen LogP contribution in [0.3, 0.4) is 0 Å². The van der Waals surface area contributed by atoms with Crippen LogP contribution < -0.4 is 33.3 Å². The predicted octanol–water partition coefficient (Wildman–Crippen LogP) is 4.30. The van der Waals surface area contributed by atoms with E-state index in [1.165, 1.54) is 63.9 Å². The zero-order chi connectivity index (χ0) is 37.4. The van der Waals surface area contributed by atoms with Gasteiger partial charge in [-0.25, -0.2) is 23.2 Å². The molecule has 19 nitrogen and oxygen atoms in total. The molecule has 53 heavy (non-hydrogen) atoms. The van der Waals surface area contributed by atoms with Gasteiger partial charge in [-0.15, -0.1) is 10.2 Å². The first-order chi connectivity index (χ1) is 25.7. The number of para-hydroxylation sites is 2. The van der Waals surface area contributed by atoms with Crippen LogP contribution in [0.1, 0.15) is 0 Å². The van der Waals surface area contributed by atoms with Crippen molar-refractivity contribution in [2.75, 3.05) is 44.1 Å². The summed E-state index contributed by atoms with van der Waals surface area (Å²) in [5.74, 6) is 1.37. The Hall–Kier alpha value is -7.09. The lowest BCUT2D eigenvalue weighted by atomic mass is 10.2. The minimum absolute atomic E-state index is 0.0454. The van der Waals surface area contributed by atoms with E-state index in [2.05, 4.69) is 45.3 Å². The highest BCUT2D eigenvalue weighted by Crippen LogP contribution is 2.37. The normalized spacial score (nSPS) is 11.0. The van der Waals surface area contributed by atoms with Gasteiger partial charge in [0.25, 0.3) is 10.0 Å². The summed E-state index contributed by atoms with van der Waals surface area (Å²) in [6.45, 7) is -0.394. The molecule has 0 saturated carbocycles. The Kier molecular flexibility index (Phi) is 10.7. The third kappa shape index (κ3) is 8.28. The number of carboxylic acid groups (broad SMARTS) is 1. The fraction of sp³-hybridized carbons (Fsp3) is 0.152. The molecular weight excluding hydrogens is 712 g/mol. The van der Waals surface area contributed by atoms with Crippen molar-refractivity contribution in [1.82, 2.24) is 40.6 Å². The molecule has 0 aliphatic heterocycles. The Morgan fingerprint density at radius 1 is 0.830 bits per heavy atom. The van der Waals surface area contributed by atoms with Crippen LogP contribution in [0.2, 0.25) is 0 Å². The van der Waals surface area contributed by atoms with Crippen LogP contribution in [0.4, 0.5) is 16.4 Å². The second-order valence-electron chi connectivity index (χ2n) is 10.6. The van der Waals surface area contributed by atoms with Crippen molar-refractivity contribution in [2.45, 2.75) is 4.90 Å². The summed E-state index contributed by atoms with van der Waals surface area (Å²) in [5, 5.41) is 23.9. The van der Waals surface area contributed by atoms with Crippen LogP contribution in [0.5, 0.6) is 34.6 Å². The summed E-state index contributed by atoms with van der Waals surface area (Å²) in [4.78, 5) is 30.5. The molecule has 4 heterocycles. The maximum atomic E-state index is 13.6. The SMILES string of the molecule is COc1ccc(S(=O)(=O)Nc2nc(N(CCOc3ccnc(-c4ccnc(-c5nn[nH]n5)c4)n3)C(=O)O)ccc2Oc2ccccc2OC)cc1OC. The van der Waals surface area contributed by atoms with Crippen molar-refractivity contribution in [3.63, 3.8) is 0 Å². The Labute approximate surface area is 301 Å². The lowest BCUT2D eigenvalue weighted by Crippen LogP contribution is -2.34. The number of ether oxygens (including phenoxy) is 5. The molecule has 6 aromatic rings. The quantitative estimate of drug-likeness (QED) is 0.133. The number of methoxy groups -OCH3 is 3. The number of aromatic nitrogens is 8. The molecule has 6 rings (SSSR count). The first-order valence-corrected chi connectivity index (χ1v) is 16.9. The van der Waals surface area contributed by atoms with Crippen molar-refractivity contribution < 1.29 is 42.0 Å². The second-order valence-corrected chi connectivity index (χ2v) is 12.2. The number of hydrogen-bond donors (Lipinski definition) is 3. The molecule has 0 atom stereocenters. The monoisotopic (exact) mass is 742 g/mol. The zero-order valence-corrected chi connectivity index (χ0v) is 29.0. The fourth-order valence-electron chi connectivity index (χ4n) is 4.81. The number of amides is 1. The summed E-state index contributed by atoms with van der Waals surface area (Å²) in [6, 6.07) is 18.3. The minimum Gasteiger partial charge on any atom is -0.493 e. The number of aromatic amines is 1. The smallest absolute Gasteiger partial charge is 0.413 e. The van der Waals surface area contributed by atoms with Gasteiger partial charge in [0.1, 0.15) is 18.1 Å². The fourth-order valence-corrected chi connectivity index (χ4v) is 5.83. The number of anilines is 2. The number of tetrazole rings is 1. The number of nitrogens with zero attached hydrogens (tertiary/aromatic N) is 8. The van der Waals surface area contributed by atoms with E-state index >= 15 is 0 Å². The highest BCUT2D eigenvalue weighted by molar-refractivity contribution is 7.92. The lowest BCUT2D eigenvalue weighted by Gasteiger charge is -2.21. The lowest BCUT2D eigenvalue weighted by molar-refractivity contribution is 0.199. The Morgan fingerprint density at radius 3 is 2.30 bits per heavy atom. The van der Waals surface area contributed by atoms with E-state index < -0.39 is 16.1 Å². The van der Waals surface area contributed by atoms with E-state index in [9.17, 15) is 18.3 Å². The average Bonchev–Trinajstić information content (AvgIpc) is 3.73. The number of H-pyrrole nitrogens is 1. The minimum atomic E-state index is -4.34. The standard InChI is InChI=1S/C33H30N10O9S/c1-48-23-6-4-5-7-25(23)52-26-10-11-28(36-32(26)40-53(46,47)21-8-9-24(49-2)27(19-21)50-3)43(33(44)45)16-17-51-29-13-15-35-30(37-29)20-12-14-34-22(18-20)31-38-41-42-39-31/h4-15,18-19H,16-17H2,1-3H3,(H,36,40)(H,44,45)(H,38,39,41,42). The number of nitrogens with one attached hydrogen (secondary N) is 2. The molecule has 3 N–H and O–H groups in total. The molecule has 0 saturated heterocycles. The highest BCUT2D eigenvalue weighted by atomic mass is 32.2. The Bertz CT molecular complexity index is 2330. The van der Waals surface area contributed by atoms with Gasteiger partial charge in [0, 0.05) is 30.1 Å². The molecule has 1 amide bonds. The number of pyridine rings is 2. The molecule has 4 aromatic heterocycles. The zero-order valence-electron chi connectivity index (χ0n) is 28.2. The molecule has 20 heteroatoms. The molecule has 0 aliphatic rings. The van der Waals surface area contributed by atoms with Gasteiger partial charge in [0.05, 0.1) is 32.8 Å². The number of carbonyl (C=O) groups is 1. The van der Waals surface area contributed by atoms with Gasteiger partial charge < -0.3 is 28.8 Å². The van der Waals surface area contributed by atoms with Gasteiger partial charge in [-0.1, -0.05) is 12.1 Å². The summed E-state index contributed by atoms with van der Waals surface area (Å²) in [6.07, 6.45) is 1.65. The highest BCUT2D eigenvalue weighted by Gasteiger charge is 2.24. The van der Waals surface area contributed by atoms with Gasteiger partial charge in [-0.3, -0.25) is 14.6 Å². The molecule has 0 radical (unpaired) electrons. The molecule has 0 aliphatic carbocycles. The first kappa shape index (κ1) is 35.7. The van der Waals surface area contributed by atoms with Crippen molar-refractivity contribution in [1.29, 1.82) is 0 Å². The van der Waals surface area contributed by atoms with Crippen LogP contribution in [-0.2, 0) is 10.0 Å². The summed E-state index contributed by atoms with van der Waals surface area (Å²) in [7, 11) is -0.0985. The molecule has 2 aromatic carbocycles.